The molecule has 21 heavy (non-hydrogen) atoms. The molecule has 0 bridgehead atoms. The summed E-state index contributed by atoms with van der Waals surface area (Å²) in [6, 6.07) is 10.2. The summed E-state index contributed by atoms with van der Waals surface area (Å²) in [6.45, 7) is 5.09. The van der Waals surface area contributed by atoms with E-state index in [0.29, 0.717) is 19.5 Å². The number of nitrogens with two attached hydrogens (primary N) is 1. The molecule has 0 radical (unpaired) electrons. The van der Waals surface area contributed by atoms with Gasteiger partial charge in [-0.3, -0.25) is 9.78 Å². The number of aromatic nitrogens is 1. The van der Waals surface area contributed by atoms with Crippen LogP contribution in [0.1, 0.15) is 24.6 Å². The summed E-state index contributed by atoms with van der Waals surface area (Å²) in [4.78, 5) is 16.5. The Morgan fingerprint density at radius 3 is 2.86 bits per heavy atom. The highest BCUT2D eigenvalue weighted by molar-refractivity contribution is 5.81. The predicted molar refractivity (Wildman–Crippen MR) is 86.0 cm³/mol. The van der Waals surface area contributed by atoms with Gasteiger partial charge in [-0.1, -0.05) is 19.1 Å². The van der Waals surface area contributed by atoms with E-state index in [1.165, 1.54) is 0 Å². The van der Waals surface area contributed by atoms with Crippen LogP contribution in [-0.2, 0) is 11.2 Å². The van der Waals surface area contributed by atoms with Crippen LogP contribution in [0.4, 0.5) is 0 Å². The lowest BCUT2D eigenvalue weighted by Gasteiger charge is -2.15. The molecule has 4 nitrogen and oxygen atoms in total. The summed E-state index contributed by atoms with van der Waals surface area (Å²) in [6.07, 6.45) is 1.60. The van der Waals surface area contributed by atoms with Crippen LogP contribution >= 0.6 is 0 Å². The van der Waals surface area contributed by atoms with Crippen molar-refractivity contribution in [3.05, 3.63) is 41.6 Å². The maximum atomic E-state index is 12.0. The van der Waals surface area contributed by atoms with Crippen molar-refractivity contribution in [3.8, 4) is 0 Å². The molecule has 0 aliphatic rings. The Morgan fingerprint density at radius 2 is 2.14 bits per heavy atom. The van der Waals surface area contributed by atoms with E-state index in [1.807, 2.05) is 32.0 Å². The second-order valence-corrected chi connectivity index (χ2v) is 5.41. The second kappa shape index (κ2) is 7.18. The van der Waals surface area contributed by atoms with Crippen LogP contribution in [0, 0.1) is 12.8 Å². The van der Waals surface area contributed by atoms with E-state index in [-0.39, 0.29) is 11.8 Å². The Morgan fingerprint density at radius 1 is 1.33 bits per heavy atom. The quantitative estimate of drug-likeness (QED) is 0.855. The Hall–Kier alpha value is -1.94. The molecule has 1 aromatic carbocycles. The van der Waals surface area contributed by atoms with Gasteiger partial charge in [-0.25, -0.2) is 0 Å². The van der Waals surface area contributed by atoms with Crippen molar-refractivity contribution in [2.24, 2.45) is 11.7 Å². The van der Waals surface area contributed by atoms with Crippen LogP contribution in [0.25, 0.3) is 10.9 Å². The van der Waals surface area contributed by atoms with E-state index in [1.54, 1.807) is 0 Å². The van der Waals surface area contributed by atoms with E-state index in [2.05, 4.69) is 22.4 Å². The standard InChI is InChI=1S/C17H23N3O/c1-3-8-19-17(21)15(11-18)10-13-5-7-16-14(9-13)6-4-12(2)20-16/h4-7,9,15H,3,8,10-11,18H2,1-2H3,(H,19,21). The molecule has 1 unspecified atom stereocenters. The maximum absolute atomic E-state index is 12.0. The van der Waals surface area contributed by atoms with Gasteiger partial charge < -0.3 is 11.1 Å². The topological polar surface area (TPSA) is 68.0 Å². The third-order valence-corrected chi connectivity index (χ3v) is 3.58. The lowest BCUT2D eigenvalue weighted by atomic mass is 9.97. The van der Waals surface area contributed by atoms with Crippen LogP contribution in [0.5, 0.6) is 0 Å². The van der Waals surface area contributed by atoms with Crippen LogP contribution in [0.15, 0.2) is 30.3 Å². The van der Waals surface area contributed by atoms with E-state index in [4.69, 9.17) is 5.73 Å². The van der Waals surface area contributed by atoms with Crippen molar-refractivity contribution >= 4 is 16.8 Å². The molecule has 0 fully saturated rings. The predicted octanol–water partition coefficient (Wildman–Crippen LogP) is 2.19. The SMILES string of the molecule is CCCNC(=O)C(CN)Cc1ccc2nc(C)ccc2c1. The number of hydrogen-bond acceptors (Lipinski definition) is 3. The van der Waals surface area contributed by atoms with Gasteiger partial charge in [-0.2, -0.15) is 0 Å². The minimum atomic E-state index is -0.174. The van der Waals surface area contributed by atoms with E-state index >= 15 is 0 Å². The molecule has 0 saturated heterocycles. The molecule has 0 aliphatic heterocycles. The normalized spacial score (nSPS) is 12.3. The molecule has 4 heteroatoms. The third kappa shape index (κ3) is 4.02. The first kappa shape index (κ1) is 15.4. The van der Waals surface area contributed by atoms with Gasteiger partial charge in [-0.05, 0) is 43.5 Å². The minimum absolute atomic E-state index is 0.0430. The lowest BCUT2D eigenvalue weighted by Crippen LogP contribution is -2.36. The Balaban J connectivity index is 2.13. The number of aryl methyl sites for hydroxylation is 1. The number of amides is 1. The molecular weight excluding hydrogens is 262 g/mol. The fraction of sp³-hybridized carbons (Fsp3) is 0.412. The van der Waals surface area contributed by atoms with Gasteiger partial charge >= 0.3 is 0 Å². The van der Waals surface area contributed by atoms with Crippen molar-refractivity contribution in [1.82, 2.24) is 10.3 Å². The summed E-state index contributed by atoms with van der Waals surface area (Å²) >= 11 is 0. The molecule has 112 valence electrons. The third-order valence-electron chi connectivity index (χ3n) is 3.58. The molecule has 1 atom stereocenters. The van der Waals surface area contributed by atoms with Gasteiger partial charge in [0.2, 0.25) is 5.91 Å². The number of fused-ring (bicyclic) bond motifs is 1. The molecule has 0 aliphatic carbocycles. The molecular formula is C17H23N3O. The summed E-state index contributed by atoms with van der Waals surface area (Å²) in [5.74, 6) is -0.131. The zero-order valence-electron chi connectivity index (χ0n) is 12.7. The monoisotopic (exact) mass is 285 g/mol. The smallest absolute Gasteiger partial charge is 0.224 e. The summed E-state index contributed by atoms with van der Waals surface area (Å²) in [5, 5.41) is 4.02. The van der Waals surface area contributed by atoms with Crippen molar-refractivity contribution in [2.45, 2.75) is 26.7 Å². The van der Waals surface area contributed by atoms with E-state index in [0.717, 1.165) is 28.6 Å². The first-order chi connectivity index (χ1) is 10.1. The number of carbonyl (C=O) groups excluding carboxylic acids is 1. The van der Waals surface area contributed by atoms with Crippen LogP contribution in [-0.4, -0.2) is 24.0 Å². The van der Waals surface area contributed by atoms with Gasteiger partial charge in [0.1, 0.15) is 0 Å². The fourth-order valence-electron chi connectivity index (χ4n) is 2.36. The lowest BCUT2D eigenvalue weighted by molar-refractivity contribution is -0.124. The second-order valence-electron chi connectivity index (χ2n) is 5.41. The van der Waals surface area contributed by atoms with Gasteiger partial charge in [0.05, 0.1) is 11.4 Å². The molecule has 1 heterocycles. The molecule has 0 saturated carbocycles. The minimum Gasteiger partial charge on any atom is -0.356 e. The summed E-state index contributed by atoms with van der Waals surface area (Å²) in [7, 11) is 0. The van der Waals surface area contributed by atoms with Crippen LogP contribution < -0.4 is 11.1 Å². The zero-order chi connectivity index (χ0) is 15.2. The molecule has 3 N–H and O–H groups in total. The molecule has 1 aromatic heterocycles. The Kier molecular flexibility index (Phi) is 5.28. The first-order valence-electron chi connectivity index (χ1n) is 7.48. The van der Waals surface area contributed by atoms with Crippen LogP contribution in [0.3, 0.4) is 0 Å². The number of hydrogen-bond donors (Lipinski definition) is 2. The van der Waals surface area contributed by atoms with E-state index < -0.39 is 0 Å². The summed E-state index contributed by atoms with van der Waals surface area (Å²) < 4.78 is 0. The van der Waals surface area contributed by atoms with Gasteiger partial charge in [0.15, 0.2) is 0 Å². The van der Waals surface area contributed by atoms with Gasteiger partial charge in [0.25, 0.3) is 0 Å². The fourth-order valence-corrected chi connectivity index (χ4v) is 2.36. The number of nitrogens with zero attached hydrogens (tertiary/aromatic N) is 1. The number of rotatable bonds is 6. The molecule has 1 amide bonds. The van der Waals surface area contributed by atoms with Crippen LogP contribution in [0.2, 0.25) is 0 Å². The Bertz CT molecular complexity index is 624. The number of carbonyl (C=O) groups is 1. The first-order valence-corrected chi connectivity index (χ1v) is 7.48. The molecule has 2 rings (SSSR count). The number of pyridine rings is 1. The summed E-state index contributed by atoms with van der Waals surface area (Å²) in [5.41, 5.74) is 8.87. The Labute approximate surface area is 125 Å². The van der Waals surface area contributed by atoms with Crippen molar-refractivity contribution in [2.75, 3.05) is 13.1 Å². The zero-order valence-corrected chi connectivity index (χ0v) is 12.7. The average molecular weight is 285 g/mol. The maximum Gasteiger partial charge on any atom is 0.224 e. The number of nitrogens with one attached hydrogen (secondary N) is 1. The number of benzene rings is 1. The highest BCUT2D eigenvalue weighted by Gasteiger charge is 2.16. The van der Waals surface area contributed by atoms with Crippen molar-refractivity contribution in [1.29, 1.82) is 0 Å². The van der Waals surface area contributed by atoms with Crippen molar-refractivity contribution in [3.63, 3.8) is 0 Å². The van der Waals surface area contributed by atoms with Gasteiger partial charge in [-0.15, -0.1) is 0 Å². The largest absolute Gasteiger partial charge is 0.356 e. The van der Waals surface area contributed by atoms with Gasteiger partial charge in [0, 0.05) is 24.2 Å². The molecule has 2 aromatic rings. The van der Waals surface area contributed by atoms with Crippen molar-refractivity contribution < 1.29 is 4.79 Å². The average Bonchev–Trinajstić information content (AvgIpc) is 2.50. The molecule has 0 spiro atoms. The van der Waals surface area contributed by atoms with E-state index in [9.17, 15) is 4.79 Å². The highest BCUT2D eigenvalue weighted by atomic mass is 16.1. The highest BCUT2D eigenvalue weighted by Crippen LogP contribution is 2.17.